The molecule has 28 heavy (non-hydrogen) atoms. The molecular formula is C19H30NO7P. The van der Waals surface area contributed by atoms with Gasteiger partial charge >= 0.3 is 13.7 Å². The van der Waals surface area contributed by atoms with Crippen LogP contribution in [-0.4, -0.2) is 36.0 Å². The highest BCUT2D eigenvalue weighted by Crippen LogP contribution is 2.60. The van der Waals surface area contributed by atoms with E-state index in [1.165, 1.54) is 6.92 Å². The van der Waals surface area contributed by atoms with Crippen LogP contribution in [0.15, 0.2) is 30.3 Å². The largest absolute Gasteiger partial charge is 0.442 e. The van der Waals surface area contributed by atoms with E-state index >= 15 is 0 Å². The van der Waals surface area contributed by atoms with Gasteiger partial charge in [0.1, 0.15) is 5.60 Å². The molecule has 0 unspecified atom stereocenters. The zero-order chi connectivity index (χ0) is 21.4. The Kier molecular flexibility index (Phi) is 8.82. The summed E-state index contributed by atoms with van der Waals surface area (Å²) < 4.78 is 29.1. The number of rotatable bonds is 10. The topological polar surface area (TPSA) is 100 Å². The number of amides is 1. The molecule has 1 amide bonds. The van der Waals surface area contributed by atoms with E-state index in [1.807, 2.05) is 6.07 Å². The number of Topliss-reactive ketones (excluding diaryl/α,β-unsaturated/α-hetero) is 1. The fourth-order valence-corrected chi connectivity index (χ4v) is 4.06. The van der Waals surface area contributed by atoms with Crippen LogP contribution in [0.5, 0.6) is 0 Å². The van der Waals surface area contributed by atoms with Gasteiger partial charge in [0.2, 0.25) is 0 Å². The summed E-state index contributed by atoms with van der Waals surface area (Å²) in [7, 11) is -4.08. The van der Waals surface area contributed by atoms with Crippen molar-refractivity contribution >= 4 is 19.5 Å². The molecule has 0 spiro atoms. The molecule has 0 radical (unpaired) electrons. The van der Waals surface area contributed by atoms with Crippen LogP contribution in [0.3, 0.4) is 0 Å². The highest BCUT2D eigenvalue weighted by molar-refractivity contribution is 7.56. The predicted octanol–water partition coefficient (Wildman–Crippen LogP) is 4.24. The van der Waals surface area contributed by atoms with E-state index in [1.54, 1.807) is 58.9 Å². The lowest BCUT2D eigenvalue weighted by Crippen LogP contribution is -2.47. The van der Waals surface area contributed by atoms with E-state index in [0.29, 0.717) is 5.56 Å². The number of carbonyl (C=O) groups is 2. The van der Waals surface area contributed by atoms with E-state index < -0.39 is 30.4 Å². The number of nitrogens with one attached hydrogen (secondary N) is 1. The van der Waals surface area contributed by atoms with Gasteiger partial charge in [-0.15, -0.1) is 0 Å². The second kappa shape index (κ2) is 10.2. The summed E-state index contributed by atoms with van der Waals surface area (Å²) in [5.41, 5.74) is 1.97. The maximum atomic E-state index is 13.4. The minimum atomic E-state index is -4.08. The Morgan fingerprint density at radius 1 is 1.00 bits per heavy atom. The van der Waals surface area contributed by atoms with Crippen molar-refractivity contribution in [3.63, 3.8) is 0 Å². The monoisotopic (exact) mass is 415 g/mol. The van der Waals surface area contributed by atoms with E-state index in [0.717, 1.165) is 0 Å². The molecule has 1 aromatic rings. The van der Waals surface area contributed by atoms with Gasteiger partial charge in [0, 0.05) is 6.42 Å². The molecule has 158 valence electrons. The van der Waals surface area contributed by atoms with Crippen LogP contribution in [0, 0.1) is 0 Å². The van der Waals surface area contributed by atoms with Crippen molar-refractivity contribution in [3.8, 4) is 0 Å². The fourth-order valence-electron chi connectivity index (χ4n) is 2.27. The standard InChI is InChI=1S/C19H30NO7P/c1-7-24-28(23,25-8-2)19(6,27-20-17(22)26-18(3,4)5)16(21)14-15-12-10-9-11-13-15/h9-13H,7-8,14H2,1-6H3,(H,20,22)/t19-/m1/s1. The fraction of sp³-hybridized carbons (Fsp3) is 0.579. The van der Waals surface area contributed by atoms with Gasteiger partial charge in [-0.3, -0.25) is 9.36 Å². The van der Waals surface area contributed by atoms with Crippen LogP contribution in [0.4, 0.5) is 4.79 Å². The molecular weight excluding hydrogens is 385 g/mol. The van der Waals surface area contributed by atoms with Crippen molar-refractivity contribution in [3.05, 3.63) is 35.9 Å². The zero-order valence-electron chi connectivity index (χ0n) is 17.3. The minimum absolute atomic E-state index is 0.0290. The smallest absolute Gasteiger partial charge is 0.431 e. The molecule has 1 aromatic carbocycles. The van der Waals surface area contributed by atoms with E-state index in [-0.39, 0.29) is 19.6 Å². The molecule has 8 nitrogen and oxygen atoms in total. The molecule has 0 bridgehead atoms. The van der Waals surface area contributed by atoms with Crippen LogP contribution in [0.25, 0.3) is 0 Å². The molecule has 0 heterocycles. The Labute approximate surface area is 166 Å². The minimum Gasteiger partial charge on any atom is -0.442 e. The van der Waals surface area contributed by atoms with Crippen molar-refractivity contribution < 1.29 is 32.8 Å². The first-order chi connectivity index (χ1) is 13.0. The van der Waals surface area contributed by atoms with Crippen molar-refractivity contribution in [1.82, 2.24) is 5.48 Å². The van der Waals surface area contributed by atoms with Gasteiger partial charge < -0.3 is 13.8 Å². The third kappa shape index (κ3) is 6.71. The average molecular weight is 415 g/mol. The van der Waals surface area contributed by atoms with E-state index in [9.17, 15) is 14.2 Å². The number of hydrogen-bond acceptors (Lipinski definition) is 7. The van der Waals surface area contributed by atoms with Gasteiger partial charge in [-0.25, -0.2) is 9.63 Å². The normalized spacial score (nSPS) is 14.2. The first-order valence-corrected chi connectivity index (χ1v) is 10.6. The second-order valence-corrected chi connectivity index (χ2v) is 9.47. The van der Waals surface area contributed by atoms with E-state index in [4.69, 9.17) is 18.6 Å². The van der Waals surface area contributed by atoms with Crippen LogP contribution in [-0.2, 0) is 34.4 Å². The van der Waals surface area contributed by atoms with Crippen LogP contribution in [0.2, 0.25) is 0 Å². The predicted molar refractivity (Wildman–Crippen MR) is 105 cm³/mol. The van der Waals surface area contributed by atoms with Crippen molar-refractivity contribution in [2.45, 2.75) is 58.9 Å². The van der Waals surface area contributed by atoms with Gasteiger partial charge in [0.15, 0.2) is 5.78 Å². The van der Waals surface area contributed by atoms with Gasteiger partial charge in [0.05, 0.1) is 13.2 Å². The van der Waals surface area contributed by atoms with Gasteiger partial charge in [0.25, 0.3) is 5.34 Å². The number of hydroxylamine groups is 1. The Morgan fingerprint density at radius 2 is 1.54 bits per heavy atom. The number of hydrogen-bond donors (Lipinski definition) is 1. The molecule has 1 N–H and O–H groups in total. The second-order valence-electron chi connectivity index (χ2n) is 7.11. The third-order valence-electron chi connectivity index (χ3n) is 3.58. The maximum Gasteiger partial charge on any atom is 0.431 e. The van der Waals surface area contributed by atoms with E-state index in [2.05, 4.69) is 5.48 Å². The lowest BCUT2D eigenvalue weighted by atomic mass is 10.1. The lowest BCUT2D eigenvalue weighted by molar-refractivity contribution is -0.141. The first kappa shape index (κ1) is 24.3. The van der Waals surface area contributed by atoms with Gasteiger partial charge in [-0.1, -0.05) is 30.3 Å². The Hall–Kier alpha value is -1.73. The summed E-state index contributed by atoms with van der Waals surface area (Å²) in [4.78, 5) is 30.4. The summed E-state index contributed by atoms with van der Waals surface area (Å²) in [5.74, 6) is -0.569. The summed E-state index contributed by atoms with van der Waals surface area (Å²) in [6, 6.07) is 8.89. The molecule has 1 rings (SSSR count). The third-order valence-corrected chi connectivity index (χ3v) is 6.16. The number of ketones is 1. The molecule has 0 aliphatic rings. The highest BCUT2D eigenvalue weighted by Gasteiger charge is 2.55. The van der Waals surface area contributed by atoms with Crippen molar-refractivity contribution in [1.29, 1.82) is 0 Å². The summed E-state index contributed by atoms with van der Waals surface area (Å²) >= 11 is 0. The van der Waals surface area contributed by atoms with Crippen LogP contribution >= 0.6 is 7.60 Å². The van der Waals surface area contributed by atoms with Crippen molar-refractivity contribution in [2.75, 3.05) is 13.2 Å². The Balaban J connectivity index is 3.15. The number of ether oxygens (including phenoxy) is 1. The number of benzene rings is 1. The zero-order valence-corrected chi connectivity index (χ0v) is 18.2. The molecule has 0 fully saturated rings. The van der Waals surface area contributed by atoms with Crippen LogP contribution in [0.1, 0.15) is 47.1 Å². The first-order valence-electron chi connectivity index (χ1n) is 9.11. The molecule has 0 aliphatic carbocycles. The average Bonchev–Trinajstić information content (AvgIpc) is 2.59. The molecule has 0 aromatic heterocycles. The quantitative estimate of drug-likeness (QED) is 0.451. The van der Waals surface area contributed by atoms with Gasteiger partial charge in [-0.05, 0) is 47.1 Å². The maximum absolute atomic E-state index is 13.4. The molecule has 9 heteroatoms. The highest BCUT2D eigenvalue weighted by atomic mass is 31.2. The Bertz CT molecular complexity index is 692. The van der Waals surface area contributed by atoms with Gasteiger partial charge in [-0.2, -0.15) is 5.48 Å². The van der Waals surface area contributed by atoms with Crippen molar-refractivity contribution in [2.24, 2.45) is 0 Å². The lowest BCUT2D eigenvalue weighted by Gasteiger charge is -2.34. The number of carbonyl (C=O) groups excluding carboxylic acids is 2. The van der Waals surface area contributed by atoms with Crippen LogP contribution < -0.4 is 5.48 Å². The molecule has 1 atom stereocenters. The summed E-state index contributed by atoms with van der Waals surface area (Å²) in [6.45, 7) is 9.61. The summed E-state index contributed by atoms with van der Waals surface area (Å²) in [6.07, 6.45) is -1.01. The molecule has 0 saturated heterocycles. The molecule has 0 aliphatic heterocycles. The molecule has 0 saturated carbocycles. The Morgan fingerprint density at radius 3 is 2.00 bits per heavy atom. The summed E-state index contributed by atoms with van der Waals surface area (Å²) in [5, 5.41) is -2.06. The SMILES string of the molecule is CCOP(=O)(OCC)[C@@](C)(ONC(=O)OC(C)(C)C)C(=O)Cc1ccccc1.